The van der Waals surface area contributed by atoms with Gasteiger partial charge in [-0.05, 0) is 61.7 Å². The van der Waals surface area contributed by atoms with E-state index in [-0.39, 0.29) is 24.7 Å². The number of halogens is 1. The molecule has 1 atom stereocenters. The Morgan fingerprint density at radius 1 is 1.17 bits per heavy atom. The van der Waals surface area contributed by atoms with Crippen molar-refractivity contribution in [3.63, 3.8) is 0 Å². The van der Waals surface area contributed by atoms with Crippen LogP contribution in [0.25, 0.3) is 0 Å². The van der Waals surface area contributed by atoms with Gasteiger partial charge in [0.15, 0.2) is 0 Å². The van der Waals surface area contributed by atoms with Crippen molar-refractivity contribution in [2.45, 2.75) is 44.9 Å². The molecule has 0 saturated heterocycles. The Hall–Kier alpha value is -2.86. The molecular weight excluding hydrogens is 404 g/mol. The summed E-state index contributed by atoms with van der Waals surface area (Å²) in [5.41, 5.74) is 3.29. The Balaban J connectivity index is 1.82. The Bertz CT molecular complexity index is 1010. The molecule has 0 aliphatic carbocycles. The molecule has 2 aromatic rings. The average Bonchev–Trinajstić information content (AvgIpc) is 2.82. The van der Waals surface area contributed by atoms with E-state index < -0.39 is 17.3 Å². The third-order valence-corrected chi connectivity index (χ3v) is 5.88. The second-order valence-corrected chi connectivity index (χ2v) is 8.71. The molecule has 3 rings (SSSR count). The number of amides is 2. The number of rotatable bonds is 6. The summed E-state index contributed by atoms with van der Waals surface area (Å²) in [6.45, 7) is 5.64. The Morgan fingerprint density at radius 3 is 2.40 bits per heavy atom. The van der Waals surface area contributed by atoms with Crippen LogP contribution in [0.4, 0.5) is 11.4 Å². The van der Waals surface area contributed by atoms with Gasteiger partial charge in [-0.15, -0.1) is 0 Å². The van der Waals surface area contributed by atoms with Crippen molar-refractivity contribution < 1.29 is 19.5 Å². The van der Waals surface area contributed by atoms with E-state index in [1.807, 2.05) is 32.9 Å². The van der Waals surface area contributed by atoms with Crippen molar-refractivity contribution in [2.24, 2.45) is 0 Å². The summed E-state index contributed by atoms with van der Waals surface area (Å²) in [6.07, 6.45) is -0.142. The lowest BCUT2D eigenvalue weighted by Crippen LogP contribution is -2.33. The molecule has 1 unspecified atom stereocenters. The number of anilines is 2. The fourth-order valence-electron chi connectivity index (χ4n) is 4.10. The van der Waals surface area contributed by atoms with E-state index in [2.05, 4.69) is 5.32 Å². The Morgan fingerprint density at radius 2 is 1.80 bits per heavy atom. The number of hydrogen-bond acceptors (Lipinski definition) is 3. The second-order valence-electron chi connectivity index (χ2n) is 8.28. The second kappa shape index (κ2) is 8.11. The van der Waals surface area contributed by atoms with Gasteiger partial charge in [-0.3, -0.25) is 14.4 Å². The zero-order valence-electron chi connectivity index (χ0n) is 17.5. The van der Waals surface area contributed by atoms with E-state index in [9.17, 15) is 19.5 Å². The molecule has 0 fully saturated rings. The fourth-order valence-corrected chi connectivity index (χ4v) is 4.22. The molecule has 2 N–H and O–H groups in total. The molecule has 158 valence electrons. The van der Waals surface area contributed by atoms with E-state index in [1.54, 1.807) is 36.2 Å². The van der Waals surface area contributed by atoms with Crippen molar-refractivity contribution >= 4 is 40.8 Å². The molecule has 0 bridgehead atoms. The van der Waals surface area contributed by atoms with Crippen LogP contribution in [-0.4, -0.2) is 29.9 Å². The van der Waals surface area contributed by atoms with Crippen molar-refractivity contribution in [3.8, 4) is 0 Å². The Labute approximate surface area is 180 Å². The number of aliphatic carboxylic acids is 1. The fraction of sp³-hybridized carbons (Fsp3) is 0.348. The number of carboxylic acid groups (broad SMARTS) is 1. The highest BCUT2D eigenvalue weighted by molar-refractivity contribution is 6.30. The smallest absolute Gasteiger partial charge is 0.303 e. The minimum absolute atomic E-state index is 0.00772. The number of carboxylic acids is 1. The van der Waals surface area contributed by atoms with Crippen molar-refractivity contribution in [2.75, 3.05) is 17.3 Å². The van der Waals surface area contributed by atoms with Crippen molar-refractivity contribution in [3.05, 3.63) is 58.1 Å². The number of carbonyl (C=O) groups is 3. The molecule has 2 amide bonds. The molecule has 0 spiro atoms. The number of likely N-dealkylation sites (N-methyl/N-ethyl adjacent to an activating group) is 1. The molecule has 7 heteroatoms. The zero-order chi connectivity index (χ0) is 22.2. The maximum atomic E-state index is 12.7. The minimum atomic E-state index is -0.973. The summed E-state index contributed by atoms with van der Waals surface area (Å²) in [7, 11) is 1.75. The standard InChI is InChI=1S/C23H25ClN2O4/c1-13-9-17(12-18-21(13)26(4)22(30)23(18,2)3)25-19(27)10-15(11-20(28)29)14-5-7-16(24)8-6-14/h5-9,12,15H,10-11H2,1-4H3,(H,25,27)(H,28,29). The van der Waals surface area contributed by atoms with E-state index >= 15 is 0 Å². The van der Waals surface area contributed by atoms with Crippen LogP contribution in [0.1, 0.15) is 49.3 Å². The number of carbonyl (C=O) groups excluding carboxylic acids is 2. The molecule has 0 saturated carbocycles. The summed E-state index contributed by atoms with van der Waals surface area (Å²) in [6, 6.07) is 10.5. The number of benzene rings is 2. The van der Waals surface area contributed by atoms with Gasteiger partial charge in [0.2, 0.25) is 11.8 Å². The largest absolute Gasteiger partial charge is 0.481 e. The van der Waals surface area contributed by atoms with Crippen LogP contribution in [0.15, 0.2) is 36.4 Å². The normalized spacial score (nSPS) is 15.6. The molecular formula is C23H25ClN2O4. The van der Waals surface area contributed by atoms with Gasteiger partial charge in [-0.1, -0.05) is 23.7 Å². The number of nitrogens with zero attached hydrogens (tertiary/aromatic N) is 1. The van der Waals surface area contributed by atoms with Gasteiger partial charge in [-0.25, -0.2) is 0 Å². The van der Waals surface area contributed by atoms with E-state index in [0.29, 0.717) is 10.7 Å². The van der Waals surface area contributed by atoms with Crippen LogP contribution in [-0.2, 0) is 19.8 Å². The first kappa shape index (κ1) is 21.8. The molecule has 30 heavy (non-hydrogen) atoms. The van der Waals surface area contributed by atoms with E-state index in [1.165, 1.54) is 0 Å². The molecule has 1 aliphatic rings. The lowest BCUT2D eigenvalue weighted by molar-refractivity contribution is -0.137. The summed E-state index contributed by atoms with van der Waals surface area (Å²) in [5, 5.41) is 12.7. The van der Waals surface area contributed by atoms with Gasteiger partial charge < -0.3 is 15.3 Å². The van der Waals surface area contributed by atoms with E-state index in [0.717, 1.165) is 22.4 Å². The van der Waals surface area contributed by atoms with Gasteiger partial charge in [0.05, 0.1) is 17.5 Å². The van der Waals surface area contributed by atoms with Crippen LogP contribution in [0.2, 0.25) is 5.02 Å². The summed E-state index contributed by atoms with van der Waals surface area (Å²) < 4.78 is 0. The summed E-state index contributed by atoms with van der Waals surface area (Å²) in [5.74, 6) is -1.72. The number of fused-ring (bicyclic) bond motifs is 1. The van der Waals surface area contributed by atoms with Crippen LogP contribution >= 0.6 is 11.6 Å². The quantitative estimate of drug-likeness (QED) is 0.709. The van der Waals surface area contributed by atoms with Gasteiger partial charge in [0.25, 0.3) is 0 Å². The highest BCUT2D eigenvalue weighted by Gasteiger charge is 2.43. The summed E-state index contributed by atoms with van der Waals surface area (Å²) >= 11 is 5.92. The summed E-state index contributed by atoms with van der Waals surface area (Å²) in [4.78, 5) is 38.3. The lowest BCUT2D eigenvalue weighted by Gasteiger charge is -2.18. The van der Waals surface area contributed by atoms with Gasteiger partial charge >= 0.3 is 5.97 Å². The van der Waals surface area contributed by atoms with Gasteiger partial charge in [0, 0.05) is 30.1 Å². The molecule has 1 aliphatic heterocycles. The number of nitrogens with one attached hydrogen (secondary N) is 1. The zero-order valence-corrected chi connectivity index (χ0v) is 18.2. The van der Waals surface area contributed by atoms with Crippen molar-refractivity contribution in [1.29, 1.82) is 0 Å². The number of hydrogen-bond donors (Lipinski definition) is 2. The van der Waals surface area contributed by atoms with Gasteiger partial charge in [0.1, 0.15) is 0 Å². The molecule has 0 radical (unpaired) electrons. The van der Waals surface area contributed by atoms with E-state index in [4.69, 9.17) is 11.6 Å². The predicted molar refractivity (Wildman–Crippen MR) is 117 cm³/mol. The molecule has 1 heterocycles. The first-order valence-electron chi connectivity index (χ1n) is 9.71. The Kier molecular flexibility index (Phi) is 5.90. The first-order valence-corrected chi connectivity index (χ1v) is 10.1. The van der Waals surface area contributed by atoms with Crippen LogP contribution < -0.4 is 10.2 Å². The molecule has 0 aromatic heterocycles. The van der Waals surface area contributed by atoms with Crippen LogP contribution in [0.3, 0.4) is 0 Å². The first-order chi connectivity index (χ1) is 14.0. The third kappa shape index (κ3) is 4.19. The molecule has 2 aromatic carbocycles. The maximum absolute atomic E-state index is 12.7. The third-order valence-electron chi connectivity index (χ3n) is 5.63. The average molecular weight is 429 g/mol. The highest BCUT2D eigenvalue weighted by Crippen LogP contribution is 2.44. The lowest BCUT2D eigenvalue weighted by atomic mass is 9.85. The van der Waals surface area contributed by atoms with Gasteiger partial charge in [-0.2, -0.15) is 0 Å². The molecule has 6 nitrogen and oxygen atoms in total. The van der Waals surface area contributed by atoms with Crippen LogP contribution in [0.5, 0.6) is 0 Å². The topological polar surface area (TPSA) is 86.7 Å². The predicted octanol–water partition coefficient (Wildman–Crippen LogP) is 4.49. The highest BCUT2D eigenvalue weighted by atomic mass is 35.5. The van der Waals surface area contributed by atoms with Crippen LogP contribution in [0, 0.1) is 6.92 Å². The minimum Gasteiger partial charge on any atom is -0.481 e. The maximum Gasteiger partial charge on any atom is 0.303 e. The monoisotopic (exact) mass is 428 g/mol. The SMILES string of the molecule is Cc1cc(NC(=O)CC(CC(=O)O)c2ccc(Cl)cc2)cc2c1N(C)C(=O)C2(C)C. The van der Waals surface area contributed by atoms with Crippen molar-refractivity contribution in [1.82, 2.24) is 0 Å². The number of aryl methyl sites for hydroxylation is 1.